The Hall–Kier alpha value is -3.10. The van der Waals surface area contributed by atoms with Gasteiger partial charge in [-0.2, -0.15) is 0 Å². The number of carbonyl (C=O) groups is 4. The van der Waals surface area contributed by atoms with Gasteiger partial charge in [0.1, 0.15) is 0 Å². The first kappa shape index (κ1) is 23.6. The fourth-order valence-corrected chi connectivity index (χ4v) is 3.92. The van der Waals surface area contributed by atoms with Gasteiger partial charge in [-0.3, -0.25) is 19.3 Å². The first-order chi connectivity index (χ1) is 15.4. The monoisotopic (exact) mass is 472 g/mol. The summed E-state index contributed by atoms with van der Waals surface area (Å²) >= 11 is 6.74. The topological polar surface area (TPSA) is 92.8 Å². The van der Waals surface area contributed by atoms with Crippen LogP contribution < -0.4 is 5.32 Å². The number of nitrogens with zero attached hydrogens (tertiary/aromatic N) is 1. The first-order valence-corrected chi connectivity index (χ1v) is 11.1. The molecule has 2 aromatic carbocycles. The number of anilines is 1. The molecule has 1 fully saturated rings. The molecule has 0 unspecified atom stereocenters. The summed E-state index contributed by atoms with van der Waals surface area (Å²) in [6.07, 6.45) is 2.12. The second-order valence-electron chi connectivity index (χ2n) is 6.83. The van der Waals surface area contributed by atoms with Gasteiger partial charge in [0.15, 0.2) is 0 Å². The molecule has 9 heteroatoms. The summed E-state index contributed by atoms with van der Waals surface area (Å²) in [4.78, 5) is 50.1. The molecule has 3 amide bonds. The van der Waals surface area contributed by atoms with E-state index in [0.717, 1.165) is 22.2 Å². The quantitative estimate of drug-likeness (QED) is 0.430. The predicted octanol–water partition coefficient (Wildman–Crippen LogP) is 4.97. The number of ether oxygens (including phenoxy) is 1. The molecular formula is C23H21ClN2O5S. The van der Waals surface area contributed by atoms with E-state index in [1.165, 1.54) is 0 Å². The first-order valence-electron chi connectivity index (χ1n) is 9.95. The van der Waals surface area contributed by atoms with E-state index in [4.69, 9.17) is 16.3 Å². The highest BCUT2D eigenvalue weighted by Crippen LogP contribution is 2.32. The van der Waals surface area contributed by atoms with Crippen molar-refractivity contribution in [1.29, 1.82) is 0 Å². The van der Waals surface area contributed by atoms with Crippen LogP contribution in [-0.4, -0.2) is 41.1 Å². The fourth-order valence-electron chi connectivity index (χ4n) is 2.93. The molecule has 0 aromatic heterocycles. The number of hydrogen-bond donors (Lipinski definition) is 1. The molecule has 0 bridgehead atoms. The van der Waals surface area contributed by atoms with Gasteiger partial charge in [-0.15, -0.1) is 0 Å². The molecule has 0 atom stereocenters. The Morgan fingerprint density at radius 3 is 2.44 bits per heavy atom. The molecule has 1 N–H and O–H groups in total. The van der Waals surface area contributed by atoms with Gasteiger partial charge in [0.25, 0.3) is 11.1 Å². The lowest BCUT2D eigenvalue weighted by molar-refractivity contribution is -0.123. The molecular weight excluding hydrogens is 452 g/mol. The van der Waals surface area contributed by atoms with E-state index in [1.54, 1.807) is 61.5 Å². The second-order valence-corrected chi connectivity index (χ2v) is 8.26. The van der Waals surface area contributed by atoms with E-state index in [1.807, 2.05) is 0 Å². The summed E-state index contributed by atoms with van der Waals surface area (Å²) in [6, 6.07) is 13.3. The molecule has 3 rings (SSSR count). The third-order valence-corrected chi connectivity index (χ3v) is 5.67. The van der Waals surface area contributed by atoms with Gasteiger partial charge < -0.3 is 10.1 Å². The molecule has 0 spiro atoms. The van der Waals surface area contributed by atoms with Gasteiger partial charge in [-0.1, -0.05) is 23.7 Å². The van der Waals surface area contributed by atoms with E-state index in [0.29, 0.717) is 27.6 Å². The molecule has 1 saturated heterocycles. The highest BCUT2D eigenvalue weighted by atomic mass is 35.5. The van der Waals surface area contributed by atoms with Crippen molar-refractivity contribution >= 4 is 58.1 Å². The second kappa shape index (κ2) is 11.0. The number of nitrogens with one attached hydrogen (secondary N) is 1. The molecule has 2 aromatic rings. The molecule has 166 valence electrons. The number of rotatable bonds is 8. The van der Waals surface area contributed by atoms with Crippen LogP contribution in [0.15, 0.2) is 53.4 Å². The number of carbonyl (C=O) groups excluding carboxylic acids is 4. The maximum atomic E-state index is 12.5. The average molecular weight is 473 g/mol. The zero-order valence-corrected chi connectivity index (χ0v) is 18.9. The lowest BCUT2D eigenvalue weighted by Gasteiger charge is -2.12. The third-order valence-electron chi connectivity index (χ3n) is 4.51. The van der Waals surface area contributed by atoms with Crippen molar-refractivity contribution in [3.05, 3.63) is 69.6 Å². The minimum atomic E-state index is -0.423. The summed E-state index contributed by atoms with van der Waals surface area (Å²) in [5.74, 6) is -1.05. The normalized spacial score (nSPS) is 14.7. The minimum absolute atomic E-state index is 0.136. The van der Waals surface area contributed by atoms with Crippen molar-refractivity contribution in [2.75, 3.05) is 18.5 Å². The zero-order valence-electron chi connectivity index (χ0n) is 17.3. The van der Waals surface area contributed by atoms with Gasteiger partial charge in [-0.25, -0.2) is 4.79 Å². The smallest absolute Gasteiger partial charge is 0.338 e. The zero-order chi connectivity index (χ0) is 23.1. The van der Waals surface area contributed by atoms with Crippen molar-refractivity contribution in [3.63, 3.8) is 0 Å². The van der Waals surface area contributed by atoms with E-state index < -0.39 is 5.97 Å². The molecule has 0 saturated carbocycles. The van der Waals surface area contributed by atoms with Crippen LogP contribution in [-0.2, 0) is 14.3 Å². The van der Waals surface area contributed by atoms with Crippen molar-refractivity contribution in [2.45, 2.75) is 19.8 Å². The van der Waals surface area contributed by atoms with Crippen LogP contribution in [0.1, 0.15) is 35.7 Å². The van der Waals surface area contributed by atoms with E-state index in [2.05, 4.69) is 5.32 Å². The maximum absolute atomic E-state index is 12.5. The van der Waals surface area contributed by atoms with Gasteiger partial charge >= 0.3 is 5.97 Å². The molecule has 1 heterocycles. The molecule has 7 nitrogen and oxygen atoms in total. The summed E-state index contributed by atoms with van der Waals surface area (Å²) in [6.45, 7) is 2.17. The Morgan fingerprint density at radius 1 is 1.09 bits per heavy atom. The summed E-state index contributed by atoms with van der Waals surface area (Å²) in [5.41, 5.74) is 1.71. The van der Waals surface area contributed by atoms with Gasteiger partial charge in [0, 0.05) is 23.7 Å². The largest absolute Gasteiger partial charge is 0.462 e. The van der Waals surface area contributed by atoms with E-state index >= 15 is 0 Å². The number of hydrogen-bond acceptors (Lipinski definition) is 6. The van der Waals surface area contributed by atoms with Crippen molar-refractivity contribution in [1.82, 2.24) is 4.90 Å². The predicted molar refractivity (Wildman–Crippen MR) is 124 cm³/mol. The minimum Gasteiger partial charge on any atom is -0.462 e. The lowest BCUT2D eigenvalue weighted by Crippen LogP contribution is -2.29. The Balaban J connectivity index is 1.48. The van der Waals surface area contributed by atoms with Crippen molar-refractivity contribution in [2.24, 2.45) is 0 Å². The van der Waals surface area contributed by atoms with E-state index in [-0.39, 0.29) is 36.6 Å². The van der Waals surface area contributed by atoms with E-state index in [9.17, 15) is 19.2 Å². The maximum Gasteiger partial charge on any atom is 0.338 e. The molecule has 0 aliphatic carbocycles. The third kappa shape index (κ3) is 6.21. The summed E-state index contributed by atoms with van der Waals surface area (Å²) in [5, 5.41) is 2.96. The van der Waals surface area contributed by atoms with Crippen LogP contribution in [0.5, 0.6) is 0 Å². The van der Waals surface area contributed by atoms with Crippen molar-refractivity contribution < 1.29 is 23.9 Å². The van der Waals surface area contributed by atoms with Crippen LogP contribution in [0.25, 0.3) is 6.08 Å². The Bertz CT molecular complexity index is 1050. The fraction of sp³-hybridized carbons (Fsp3) is 0.217. The van der Waals surface area contributed by atoms with Crippen molar-refractivity contribution in [3.8, 4) is 0 Å². The van der Waals surface area contributed by atoms with Crippen LogP contribution in [0.2, 0.25) is 5.02 Å². The number of esters is 1. The van der Waals surface area contributed by atoms with Crippen LogP contribution in [0.4, 0.5) is 10.5 Å². The van der Waals surface area contributed by atoms with Gasteiger partial charge in [0.05, 0.1) is 17.1 Å². The number of halogens is 1. The van der Waals surface area contributed by atoms with Crippen LogP contribution >= 0.6 is 23.4 Å². The average Bonchev–Trinajstić information content (AvgIpc) is 3.03. The van der Waals surface area contributed by atoms with Crippen LogP contribution in [0.3, 0.4) is 0 Å². The van der Waals surface area contributed by atoms with Crippen LogP contribution in [0, 0.1) is 0 Å². The number of amides is 3. The highest BCUT2D eigenvalue weighted by molar-refractivity contribution is 8.18. The summed E-state index contributed by atoms with van der Waals surface area (Å²) in [7, 11) is 0. The standard InChI is InChI=1S/C23H21ClN2O5S/c1-2-31-22(29)16-7-11-18(12-8-16)25-20(27)4-3-13-26-21(28)19(32-23(26)30)14-15-5-9-17(24)10-6-15/h5-12,14H,2-4,13H2,1H3,(H,25,27). The number of imide groups is 1. The Morgan fingerprint density at radius 2 is 1.78 bits per heavy atom. The van der Waals surface area contributed by atoms with Gasteiger partial charge in [-0.05, 0) is 73.1 Å². The molecule has 1 aliphatic heterocycles. The molecule has 0 radical (unpaired) electrons. The SMILES string of the molecule is CCOC(=O)c1ccc(NC(=O)CCCN2C(=O)SC(=Cc3ccc(Cl)cc3)C2=O)cc1. The number of thioether (sulfide) groups is 1. The Labute approximate surface area is 194 Å². The highest BCUT2D eigenvalue weighted by Gasteiger charge is 2.34. The molecule has 32 heavy (non-hydrogen) atoms. The molecule has 1 aliphatic rings. The van der Waals surface area contributed by atoms with Gasteiger partial charge in [0.2, 0.25) is 5.91 Å². The Kier molecular flexibility index (Phi) is 8.08. The number of benzene rings is 2. The summed E-state index contributed by atoms with van der Waals surface area (Å²) < 4.78 is 4.92. The lowest BCUT2D eigenvalue weighted by atomic mass is 10.2.